The van der Waals surface area contributed by atoms with E-state index in [0.29, 0.717) is 13.0 Å². The van der Waals surface area contributed by atoms with Crippen molar-refractivity contribution in [3.8, 4) is 0 Å². The predicted molar refractivity (Wildman–Crippen MR) is 60.8 cm³/mol. The first-order chi connectivity index (χ1) is 7.79. The smallest absolute Gasteiger partial charge is 0.220 e. The van der Waals surface area contributed by atoms with Crippen LogP contribution in [-0.2, 0) is 11.3 Å². The number of hydrogen-bond acceptors (Lipinski definition) is 3. The van der Waals surface area contributed by atoms with Gasteiger partial charge in [0.1, 0.15) is 5.52 Å². The molecule has 0 unspecified atom stereocenters. The van der Waals surface area contributed by atoms with Crippen LogP contribution >= 0.6 is 0 Å². The molecule has 16 heavy (non-hydrogen) atoms. The minimum Gasteiger partial charge on any atom is -0.443 e. The molecule has 1 aromatic carbocycles. The lowest BCUT2D eigenvalue weighted by molar-refractivity contribution is -0.121. The van der Waals surface area contributed by atoms with Crippen molar-refractivity contribution < 1.29 is 9.21 Å². The fourth-order valence-corrected chi connectivity index (χ4v) is 1.53. The van der Waals surface area contributed by atoms with E-state index in [1.165, 1.54) is 6.39 Å². The maximum absolute atomic E-state index is 11.3. The highest BCUT2D eigenvalue weighted by Crippen LogP contribution is 2.13. The fourth-order valence-electron chi connectivity index (χ4n) is 1.53. The number of carbonyl (C=O) groups excluding carboxylic acids is 1. The predicted octanol–water partition coefficient (Wildman–Crippen LogP) is 2.24. The zero-order valence-corrected chi connectivity index (χ0v) is 9.19. The normalized spacial score (nSPS) is 10.6. The first kappa shape index (κ1) is 10.7. The van der Waals surface area contributed by atoms with E-state index in [2.05, 4.69) is 10.3 Å². The van der Waals surface area contributed by atoms with E-state index in [4.69, 9.17) is 4.42 Å². The Morgan fingerprint density at radius 1 is 1.50 bits per heavy atom. The zero-order valence-electron chi connectivity index (χ0n) is 9.19. The number of amides is 1. The summed E-state index contributed by atoms with van der Waals surface area (Å²) in [5.41, 5.74) is 2.61. The molecule has 0 spiro atoms. The van der Waals surface area contributed by atoms with E-state index < -0.39 is 0 Å². The van der Waals surface area contributed by atoms with Gasteiger partial charge in [-0.15, -0.1) is 0 Å². The molecule has 2 rings (SSSR count). The standard InChI is InChI=1S/C12H14N2O2/c1-2-3-12(15)13-7-9-4-5-10-11(6-9)16-8-14-10/h4-6,8H,2-3,7H2,1H3,(H,13,15). The minimum absolute atomic E-state index is 0.0835. The molecule has 0 aliphatic rings. The molecule has 0 atom stereocenters. The molecule has 0 aliphatic carbocycles. The van der Waals surface area contributed by atoms with Crippen LogP contribution in [0, 0.1) is 0 Å². The van der Waals surface area contributed by atoms with Crippen LogP contribution < -0.4 is 5.32 Å². The van der Waals surface area contributed by atoms with Gasteiger partial charge < -0.3 is 9.73 Å². The van der Waals surface area contributed by atoms with Gasteiger partial charge in [0.15, 0.2) is 12.0 Å². The van der Waals surface area contributed by atoms with Crippen LogP contribution in [0.1, 0.15) is 25.3 Å². The minimum atomic E-state index is 0.0835. The van der Waals surface area contributed by atoms with Crippen molar-refractivity contribution in [2.24, 2.45) is 0 Å². The maximum Gasteiger partial charge on any atom is 0.220 e. The van der Waals surface area contributed by atoms with Gasteiger partial charge in [0.25, 0.3) is 0 Å². The third-order valence-corrected chi connectivity index (χ3v) is 2.36. The largest absolute Gasteiger partial charge is 0.443 e. The van der Waals surface area contributed by atoms with E-state index >= 15 is 0 Å². The number of carbonyl (C=O) groups is 1. The van der Waals surface area contributed by atoms with Crippen LogP contribution in [0.15, 0.2) is 29.0 Å². The summed E-state index contributed by atoms with van der Waals surface area (Å²) < 4.78 is 5.19. The van der Waals surface area contributed by atoms with Gasteiger partial charge in [0, 0.05) is 13.0 Å². The average Bonchev–Trinajstić information content (AvgIpc) is 2.74. The number of rotatable bonds is 4. The lowest BCUT2D eigenvalue weighted by atomic mass is 10.2. The van der Waals surface area contributed by atoms with Crippen molar-refractivity contribution in [3.05, 3.63) is 30.2 Å². The molecule has 84 valence electrons. The van der Waals surface area contributed by atoms with Gasteiger partial charge in [-0.3, -0.25) is 4.79 Å². The van der Waals surface area contributed by atoms with Gasteiger partial charge in [0.05, 0.1) is 0 Å². The van der Waals surface area contributed by atoms with E-state index in [-0.39, 0.29) is 5.91 Å². The number of hydrogen-bond donors (Lipinski definition) is 1. The van der Waals surface area contributed by atoms with Gasteiger partial charge in [-0.1, -0.05) is 13.0 Å². The molecule has 0 fully saturated rings. The zero-order chi connectivity index (χ0) is 11.4. The van der Waals surface area contributed by atoms with Gasteiger partial charge in [0.2, 0.25) is 5.91 Å². The Bertz CT molecular complexity index is 490. The molecule has 1 amide bonds. The molecule has 0 bridgehead atoms. The lowest BCUT2D eigenvalue weighted by Gasteiger charge is -2.03. The quantitative estimate of drug-likeness (QED) is 0.856. The molecule has 1 N–H and O–H groups in total. The summed E-state index contributed by atoms with van der Waals surface area (Å²) in [5.74, 6) is 0.0835. The summed E-state index contributed by atoms with van der Waals surface area (Å²) >= 11 is 0. The van der Waals surface area contributed by atoms with Crippen LogP contribution in [0.4, 0.5) is 0 Å². The van der Waals surface area contributed by atoms with Crippen molar-refractivity contribution in [2.75, 3.05) is 0 Å². The second kappa shape index (κ2) is 4.79. The number of benzene rings is 1. The van der Waals surface area contributed by atoms with Crippen molar-refractivity contribution in [3.63, 3.8) is 0 Å². The second-order valence-corrected chi connectivity index (χ2v) is 3.68. The van der Waals surface area contributed by atoms with Gasteiger partial charge >= 0.3 is 0 Å². The molecule has 0 saturated heterocycles. The van der Waals surface area contributed by atoms with Crippen molar-refractivity contribution in [2.45, 2.75) is 26.3 Å². The molecule has 0 radical (unpaired) electrons. The second-order valence-electron chi connectivity index (χ2n) is 3.68. The van der Waals surface area contributed by atoms with Crippen molar-refractivity contribution in [1.29, 1.82) is 0 Å². The summed E-state index contributed by atoms with van der Waals surface area (Å²) in [5, 5.41) is 2.86. The third-order valence-electron chi connectivity index (χ3n) is 2.36. The van der Waals surface area contributed by atoms with E-state index in [0.717, 1.165) is 23.1 Å². The Labute approximate surface area is 93.7 Å². The fraction of sp³-hybridized carbons (Fsp3) is 0.333. The molecule has 4 nitrogen and oxygen atoms in total. The van der Waals surface area contributed by atoms with E-state index in [9.17, 15) is 4.79 Å². The molecule has 1 heterocycles. The molecule has 4 heteroatoms. The summed E-state index contributed by atoms with van der Waals surface area (Å²) in [6.07, 6.45) is 2.86. The Morgan fingerprint density at radius 2 is 2.38 bits per heavy atom. The monoisotopic (exact) mass is 218 g/mol. The first-order valence-electron chi connectivity index (χ1n) is 5.38. The molecular weight excluding hydrogens is 204 g/mol. The Kier molecular flexibility index (Phi) is 3.19. The van der Waals surface area contributed by atoms with Crippen molar-refractivity contribution >= 4 is 17.0 Å². The van der Waals surface area contributed by atoms with Gasteiger partial charge in [-0.05, 0) is 24.1 Å². The Morgan fingerprint density at radius 3 is 3.19 bits per heavy atom. The molecule has 0 saturated carbocycles. The van der Waals surface area contributed by atoms with Crippen LogP contribution in [0.3, 0.4) is 0 Å². The third kappa shape index (κ3) is 2.39. The number of nitrogens with one attached hydrogen (secondary N) is 1. The van der Waals surface area contributed by atoms with Crippen LogP contribution in [0.25, 0.3) is 11.1 Å². The number of oxazole rings is 1. The van der Waals surface area contributed by atoms with E-state index in [1.54, 1.807) is 0 Å². The van der Waals surface area contributed by atoms with E-state index in [1.807, 2.05) is 25.1 Å². The Hall–Kier alpha value is -1.84. The molecule has 1 aromatic heterocycles. The molecule has 0 aliphatic heterocycles. The molecular formula is C12H14N2O2. The average molecular weight is 218 g/mol. The number of nitrogens with zero attached hydrogens (tertiary/aromatic N) is 1. The summed E-state index contributed by atoms with van der Waals surface area (Å²) in [6, 6.07) is 5.73. The summed E-state index contributed by atoms with van der Waals surface area (Å²) in [6.45, 7) is 2.52. The van der Waals surface area contributed by atoms with Crippen LogP contribution in [0.2, 0.25) is 0 Å². The molecule has 2 aromatic rings. The summed E-state index contributed by atoms with van der Waals surface area (Å²) in [7, 11) is 0. The number of fused-ring (bicyclic) bond motifs is 1. The Balaban J connectivity index is 2.01. The van der Waals surface area contributed by atoms with Crippen molar-refractivity contribution in [1.82, 2.24) is 10.3 Å². The van der Waals surface area contributed by atoms with Gasteiger partial charge in [-0.25, -0.2) is 4.98 Å². The van der Waals surface area contributed by atoms with Crippen LogP contribution in [-0.4, -0.2) is 10.9 Å². The highest BCUT2D eigenvalue weighted by molar-refractivity contribution is 5.76. The lowest BCUT2D eigenvalue weighted by Crippen LogP contribution is -2.21. The topological polar surface area (TPSA) is 55.1 Å². The first-order valence-corrected chi connectivity index (χ1v) is 5.38. The maximum atomic E-state index is 11.3. The van der Waals surface area contributed by atoms with Crippen LogP contribution in [0.5, 0.6) is 0 Å². The van der Waals surface area contributed by atoms with Gasteiger partial charge in [-0.2, -0.15) is 0 Å². The highest BCUT2D eigenvalue weighted by atomic mass is 16.3. The number of aromatic nitrogens is 1. The SMILES string of the molecule is CCCC(=O)NCc1ccc2ncoc2c1. The summed E-state index contributed by atoms with van der Waals surface area (Å²) in [4.78, 5) is 15.3. The highest BCUT2D eigenvalue weighted by Gasteiger charge is 2.02.